The summed E-state index contributed by atoms with van der Waals surface area (Å²) < 4.78 is 20.6. The second-order valence-electron chi connectivity index (χ2n) is 6.54. The molecule has 0 aliphatic carbocycles. The number of aromatic nitrogens is 2. The molecule has 3 aromatic rings. The molecule has 3 rings (SSSR count). The van der Waals surface area contributed by atoms with Gasteiger partial charge < -0.3 is 4.74 Å². The van der Waals surface area contributed by atoms with Gasteiger partial charge in [-0.3, -0.25) is 9.36 Å². The van der Waals surface area contributed by atoms with Gasteiger partial charge in [0.2, 0.25) is 0 Å². The van der Waals surface area contributed by atoms with Crippen LogP contribution in [0, 0.1) is 5.82 Å². The number of benzene rings is 2. The van der Waals surface area contributed by atoms with E-state index in [1.54, 1.807) is 18.5 Å². The highest BCUT2D eigenvalue weighted by atomic mass is 19.1. The molecule has 0 amide bonds. The maximum atomic E-state index is 14.1. The van der Waals surface area contributed by atoms with E-state index < -0.39 is 0 Å². The van der Waals surface area contributed by atoms with E-state index in [1.165, 1.54) is 23.3 Å². The number of rotatable bonds is 6. The van der Waals surface area contributed by atoms with Crippen molar-refractivity contribution in [3.8, 4) is 5.75 Å². The van der Waals surface area contributed by atoms with Crippen molar-refractivity contribution in [2.45, 2.75) is 39.2 Å². The van der Waals surface area contributed by atoms with Crippen molar-refractivity contribution in [2.24, 2.45) is 0 Å². The van der Waals surface area contributed by atoms with Crippen molar-refractivity contribution in [1.82, 2.24) is 9.55 Å². The van der Waals surface area contributed by atoms with Crippen LogP contribution in [0.15, 0.2) is 47.5 Å². The SMILES string of the molecule is CCC(C)c1ccc2c(=O)n(CCc3ccc(OC)cc3F)cnc2c1. The molecule has 1 aromatic heterocycles. The second-order valence-corrected chi connectivity index (χ2v) is 6.54. The van der Waals surface area contributed by atoms with Gasteiger partial charge in [0, 0.05) is 12.6 Å². The molecular weight excluding hydrogens is 331 g/mol. The van der Waals surface area contributed by atoms with E-state index in [2.05, 4.69) is 18.8 Å². The average Bonchev–Trinajstić information content (AvgIpc) is 2.67. The summed E-state index contributed by atoms with van der Waals surface area (Å²) in [5.41, 5.74) is 2.34. The minimum Gasteiger partial charge on any atom is -0.497 e. The molecule has 0 radical (unpaired) electrons. The topological polar surface area (TPSA) is 44.1 Å². The van der Waals surface area contributed by atoms with Crippen LogP contribution in [0.5, 0.6) is 5.75 Å². The van der Waals surface area contributed by atoms with Crippen molar-refractivity contribution in [1.29, 1.82) is 0 Å². The Hall–Kier alpha value is -2.69. The normalized spacial score (nSPS) is 12.3. The Labute approximate surface area is 152 Å². The predicted octanol–water partition coefficient (Wildman–Crippen LogP) is 4.30. The molecule has 0 fully saturated rings. The first-order valence-electron chi connectivity index (χ1n) is 8.85. The van der Waals surface area contributed by atoms with Gasteiger partial charge in [-0.15, -0.1) is 0 Å². The summed E-state index contributed by atoms with van der Waals surface area (Å²) in [4.78, 5) is 17.1. The highest BCUT2D eigenvalue weighted by Gasteiger charge is 2.10. The summed E-state index contributed by atoms with van der Waals surface area (Å²) in [7, 11) is 1.50. The lowest BCUT2D eigenvalue weighted by Crippen LogP contribution is -2.22. The number of hydrogen-bond acceptors (Lipinski definition) is 3. The third-order valence-electron chi connectivity index (χ3n) is 4.91. The lowest BCUT2D eigenvalue weighted by Gasteiger charge is -2.11. The highest BCUT2D eigenvalue weighted by Crippen LogP contribution is 2.21. The van der Waals surface area contributed by atoms with Gasteiger partial charge in [0.1, 0.15) is 11.6 Å². The molecule has 4 nitrogen and oxygen atoms in total. The van der Waals surface area contributed by atoms with E-state index in [0.29, 0.717) is 41.1 Å². The van der Waals surface area contributed by atoms with Crippen LogP contribution in [0.1, 0.15) is 37.3 Å². The van der Waals surface area contributed by atoms with Gasteiger partial charge in [0.25, 0.3) is 5.56 Å². The molecule has 0 bridgehead atoms. The first-order chi connectivity index (χ1) is 12.5. The molecule has 2 aromatic carbocycles. The first kappa shape index (κ1) is 18.1. The molecule has 26 heavy (non-hydrogen) atoms. The van der Waals surface area contributed by atoms with Crippen LogP contribution >= 0.6 is 0 Å². The molecule has 5 heteroatoms. The van der Waals surface area contributed by atoms with Crippen LogP contribution in [0.25, 0.3) is 10.9 Å². The number of nitrogens with zero attached hydrogens (tertiary/aromatic N) is 2. The smallest absolute Gasteiger partial charge is 0.261 e. The van der Waals surface area contributed by atoms with Crippen LogP contribution in [-0.4, -0.2) is 16.7 Å². The maximum absolute atomic E-state index is 14.1. The summed E-state index contributed by atoms with van der Waals surface area (Å²) in [6.45, 7) is 4.67. The summed E-state index contributed by atoms with van der Waals surface area (Å²) >= 11 is 0. The van der Waals surface area contributed by atoms with Gasteiger partial charge in [0.15, 0.2) is 0 Å². The van der Waals surface area contributed by atoms with Crippen molar-refractivity contribution in [3.05, 3.63) is 70.0 Å². The molecule has 0 aliphatic heterocycles. The van der Waals surface area contributed by atoms with E-state index in [9.17, 15) is 9.18 Å². The lowest BCUT2D eigenvalue weighted by atomic mass is 9.98. The molecule has 0 N–H and O–H groups in total. The van der Waals surface area contributed by atoms with Crippen LogP contribution in [0.3, 0.4) is 0 Å². The summed E-state index contributed by atoms with van der Waals surface area (Å²) in [5, 5.41) is 0.592. The Balaban J connectivity index is 1.85. The minimum atomic E-state index is -0.329. The molecule has 1 unspecified atom stereocenters. The van der Waals surface area contributed by atoms with Crippen molar-refractivity contribution < 1.29 is 9.13 Å². The molecule has 1 atom stereocenters. The third-order valence-corrected chi connectivity index (χ3v) is 4.91. The standard InChI is InChI=1S/C21H23FN2O2/c1-4-14(2)16-6-8-18-20(11-16)23-13-24(21(18)25)10-9-15-5-7-17(26-3)12-19(15)22/h5-8,11-14H,4,9-10H2,1-3H3. The van der Waals surface area contributed by atoms with Crippen molar-refractivity contribution >= 4 is 10.9 Å². The van der Waals surface area contributed by atoms with E-state index in [4.69, 9.17) is 4.74 Å². The zero-order chi connectivity index (χ0) is 18.7. The third kappa shape index (κ3) is 3.62. The maximum Gasteiger partial charge on any atom is 0.261 e. The zero-order valence-corrected chi connectivity index (χ0v) is 15.3. The molecule has 0 saturated carbocycles. The van der Waals surface area contributed by atoms with Gasteiger partial charge in [-0.2, -0.15) is 0 Å². The fraction of sp³-hybridized carbons (Fsp3) is 0.333. The number of fused-ring (bicyclic) bond motifs is 1. The van der Waals surface area contributed by atoms with E-state index in [1.807, 2.05) is 18.2 Å². The van der Waals surface area contributed by atoms with E-state index in [0.717, 1.165) is 6.42 Å². The summed E-state index contributed by atoms with van der Waals surface area (Å²) in [6, 6.07) is 10.6. The lowest BCUT2D eigenvalue weighted by molar-refractivity contribution is 0.410. The van der Waals surface area contributed by atoms with Crippen LogP contribution in [0.2, 0.25) is 0 Å². The largest absolute Gasteiger partial charge is 0.497 e. The highest BCUT2D eigenvalue weighted by molar-refractivity contribution is 5.78. The monoisotopic (exact) mass is 354 g/mol. The summed E-state index contributed by atoms with van der Waals surface area (Å²) in [6.07, 6.45) is 3.00. The van der Waals surface area contributed by atoms with Gasteiger partial charge in [-0.25, -0.2) is 9.37 Å². The Bertz CT molecular complexity index is 981. The fourth-order valence-electron chi connectivity index (χ4n) is 2.98. The van der Waals surface area contributed by atoms with Crippen molar-refractivity contribution in [3.63, 3.8) is 0 Å². The van der Waals surface area contributed by atoms with E-state index in [-0.39, 0.29) is 11.4 Å². The number of methoxy groups -OCH3 is 1. The first-order valence-corrected chi connectivity index (χ1v) is 8.85. The Kier molecular flexibility index (Phi) is 5.35. The van der Waals surface area contributed by atoms with Crippen LogP contribution in [-0.2, 0) is 13.0 Å². The van der Waals surface area contributed by atoms with Crippen LogP contribution in [0.4, 0.5) is 4.39 Å². The molecule has 0 spiro atoms. The van der Waals surface area contributed by atoms with Gasteiger partial charge in [-0.05, 0) is 48.1 Å². The van der Waals surface area contributed by atoms with Gasteiger partial charge in [-0.1, -0.05) is 26.0 Å². The zero-order valence-electron chi connectivity index (χ0n) is 15.3. The molecule has 136 valence electrons. The quantitative estimate of drug-likeness (QED) is 0.663. The number of hydrogen-bond donors (Lipinski definition) is 0. The number of aryl methyl sites for hydroxylation is 2. The second kappa shape index (κ2) is 7.68. The van der Waals surface area contributed by atoms with E-state index >= 15 is 0 Å². The predicted molar refractivity (Wildman–Crippen MR) is 101 cm³/mol. The van der Waals surface area contributed by atoms with Crippen molar-refractivity contribution in [2.75, 3.05) is 7.11 Å². The van der Waals surface area contributed by atoms with Gasteiger partial charge >= 0.3 is 0 Å². The average molecular weight is 354 g/mol. The minimum absolute atomic E-state index is 0.0976. The number of ether oxygens (including phenoxy) is 1. The fourth-order valence-corrected chi connectivity index (χ4v) is 2.98. The summed E-state index contributed by atoms with van der Waals surface area (Å²) in [5.74, 6) is 0.582. The Morgan fingerprint density at radius 2 is 2.04 bits per heavy atom. The van der Waals surface area contributed by atoms with Crippen LogP contribution < -0.4 is 10.3 Å². The Morgan fingerprint density at radius 3 is 2.73 bits per heavy atom. The van der Waals surface area contributed by atoms with Gasteiger partial charge in [0.05, 0.1) is 24.3 Å². The molecule has 0 saturated heterocycles. The Morgan fingerprint density at radius 1 is 1.23 bits per heavy atom. The molecular formula is C21H23FN2O2. The molecule has 0 aliphatic rings. The molecule has 1 heterocycles. The number of halogens is 1.